The Morgan fingerprint density at radius 2 is 1.44 bits per heavy atom. The van der Waals surface area contributed by atoms with Gasteiger partial charge in [-0.2, -0.15) is 0 Å². The predicted molar refractivity (Wildman–Crippen MR) is 155 cm³/mol. The number of para-hydroxylation sites is 1. The number of amides is 1. The molecule has 3 fully saturated rings. The van der Waals surface area contributed by atoms with Crippen LogP contribution in [-0.2, 0) is 14.2 Å². The molecule has 0 radical (unpaired) electrons. The Morgan fingerprint density at radius 3 is 2.18 bits per heavy atom. The van der Waals surface area contributed by atoms with E-state index in [1.807, 2.05) is 6.07 Å². The predicted octanol–water partition coefficient (Wildman–Crippen LogP) is 5.91. The van der Waals surface area contributed by atoms with Crippen molar-refractivity contribution in [2.75, 3.05) is 46.2 Å². The third-order valence-corrected chi connectivity index (χ3v) is 8.80. The lowest BCUT2D eigenvalue weighted by Crippen LogP contribution is -2.32. The number of aliphatic imine (C=N–C) groups is 1. The molecular formula is C32H41N3O4. The molecule has 0 unspecified atom stereocenters. The summed E-state index contributed by atoms with van der Waals surface area (Å²) in [5.74, 6) is 1.91. The topological polar surface area (TPSA) is 74.1 Å². The van der Waals surface area contributed by atoms with Crippen molar-refractivity contribution in [1.29, 1.82) is 0 Å². The van der Waals surface area contributed by atoms with Gasteiger partial charge in [0, 0.05) is 80.5 Å². The van der Waals surface area contributed by atoms with Gasteiger partial charge >= 0.3 is 0 Å². The number of hydrogen-bond donors (Lipinski definition) is 1. The van der Waals surface area contributed by atoms with Crippen LogP contribution in [0.1, 0.15) is 67.8 Å². The number of carbonyl (C=O) groups is 1. The van der Waals surface area contributed by atoms with E-state index in [-0.39, 0.29) is 5.91 Å². The minimum atomic E-state index is -0.0709. The molecule has 7 heteroatoms. The number of nitrogens with one attached hydrogen (secondary N) is 1. The Morgan fingerprint density at radius 1 is 0.795 bits per heavy atom. The van der Waals surface area contributed by atoms with Crippen molar-refractivity contribution in [3.63, 3.8) is 0 Å². The van der Waals surface area contributed by atoms with E-state index >= 15 is 0 Å². The molecule has 0 bridgehead atoms. The minimum absolute atomic E-state index is 0.0709. The first-order chi connectivity index (χ1) is 19.3. The van der Waals surface area contributed by atoms with E-state index in [2.05, 4.69) is 46.3 Å². The molecule has 4 heterocycles. The van der Waals surface area contributed by atoms with E-state index in [9.17, 15) is 4.79 Å². The van der Waals surface area contributed by atoms with Gasteiger partial charge in [0.2, 0.25) is 0 Å². The summed E-state index contributed by atoms with van der Waals surface area (Å²) >= 11 is 0. The fraction of sp³-hybridized carbons (Fsp3) is 0.562. The average molecular weight is 532 g/mol. The van der Waals surface area contributed by atoms with Crippen LogP contribution in [0.4, 0.5) is 0 Å². The zero-order valence-electron chi connectivity index (χ0n) is 22.9. The number of amidine groups is 1. The molecular weight excluding hydrogens is 490 g/mol. The first-order valence-electron chi connectivity index (χ1n) is 14.9. The quantitative estimate of drug-likeness (QED) is 0.304. The molecule has 3 aliphatic rings. The van der Waals surface area contributed by atoms with E-state index in [0.717, 1.165) is 109 Å². The molecule has 1 amide bonds. The monoisotopic (exact) mass is 531 g/mol. The molecule has 6 rings (SSSR count). The molecule has 0 spiro atoms. The molecule has 0 atom stereocenters. The second-order valence-electron chi connectivity index (χ2n) is 11.4. The van der Waals surface area contributed by atoms with E-state index < -0.39 is 0 Å². The summed E-state index contributed by atoms with van der Waals surface area (Å²) in [6, 6.07) is 15.1. The first-order valence-corrected chi connectivity index (χ1v) is 14.9. The van der Waals surface area contributed by atoms with Crippen molar-refractivity contribution >= 4 is 33.5 Å². The number of nitrogens with zero attached hydrogens (tertiary/aromatic N) is 2. The van der Waals surface area contributed by atoms with Gasteiger partial charge in [0.1, 0.15) is 5.84 Å². The molecule has 0 aliphatic carbocycles. The summed E-state index contributed by atoms with van der Waals surface area (Å²) in [7, 11) is 0. The Hall–Kier alpha value is -2.74. The van der Waals surface area contributed by atoms with Crippen LogP contribution in [0.2, 0.25) is 0 Å². The Balaban J connectivity index is 1.25. The lowest BCUT2D eigenvalue weighted by Gasteiger charge is -2.25. The van der Waals surface area contributed by atoms with Gasteiger partial charge in [-0.1, -0.05) is 24.3 Å². The Kier molecular flexibility index (Phi) is 8.57. The van der Waals surface area contributed by atoms with Gasteiger partial charge < -0.3 is 24.1 Å². The summed E-state index contributed by atoms with van der Waals surface area (Å²) in [6.07, 6.45) is 8.07. The van der Waals surface area contributed by atoms with Crippen molar-refractivity contribution < 1.29 is 19.0 Å². The SMILES string of the molecule is O=C(NC(CCC1CCOCC1)=NCC1CCOCC1)c1ccc2c3ccccc3n(C3CCOCC3)c2c1. The standard InChI is InChI=1S/C32H41N3O4/c36-32(34-31(8-5-23-9-15-37-16-10-23)33-22-24-11-17-38-18-12-24)25-6-7-28-27-3-1-2-4-29(27)35(30(28)21-25)26-13-19-39-20-14-26/h1-4,6-7,21,23-24,26H,5,8-20,22H2,(H,33,34,36). The third kappa shape index (κ3) is 6.21. The molecule has 0 saturated carbocycles. The molecule has 3 saturated heterocycles. The van der Waals surface area contributed by atoms with E-state index in [1.165, 1.54) is 16.3 Å². The number of rotatable bonds is 7. The highest BCUT2D eigenvalue weighted by atomic mass is 16.5. The molecule has 3 aromatic rings. The van der Waals surface area contributed by atoms with Crippen LogP contribution in [0.5, 0.6) is 0 Å². The molecule has 208 valence electrons. The van der Waals surface area contributed by atoms with E-state index in [0.29, 0.717) is 23.4 Å². The molecule has 1 N–H and O–H groups in total. The van der Waals surface area contributed by atoms with Gasteiger partial charge in [0.25, 0.3) is 5.91 Å². The van der Waals surface area contributed by atoms with Crippen molar-refractivity contribution in [2.24, 2.45) is 16.8 Å². The number of ether oxygens (including phenoxy) is 3. The van der Waals surface area contributed by atoms with Gasteiger partial charge in [-0.3, -0.25) is 9.79 Å². The first kappa shape index (κ1) is 26.5. The van der Waals surface area contributed by atoms with Crippen molar-refractivity contribution in [3.05, 3.63) is 48.0 Å². The lowest BCUT2D eigenvalue weighted by molar-refractivity contribution is 0.0643. The molecule has 39 heavy (non-hydrogen) atoms. The number of fused-ring (bicyclic) bond motifs is 3. The average Bonchev–Trinajstić information content (AvgIpc) is 3.33. The van der Waals surface area contributed by atoms with Crippen molar-refractivity contribution in [1.82, 2.24) is 9.88 Å². The maximum absolute atomic E-state index is 13.6. The second kappa shape index (κ2) is 12.6. The number of aromatic nitrogens is 1. The van der Waals surface area contributed by atoms with E-state index in [4.69, 9.17) is 19.2 Å². The van der Waals surface area contributed by atoms with Crippen LogP contribution in [0, 0.1) is 11.8 Å². The van der Waals surface area contributed by atoms with Gasteiger partial charge in [-0.05, 0) is 75.0 Å². The van der Waals surface area contributed by atoms with Gasteiger partial charge in [0.15, 0.2) is 0 Å². The van der Waals surface area contributed by atoms with Crippen LogP contribution in [0.3, 0.4) is 0 Å². The third-order valence-electron chi connectivity index (χ3n) is 8.80. The minimum Gasteiger partial charge on any atom is -0.381 e. The van der Waals surface area contributed by atoms with E-state index in [1.54, 1.807) is 0 Å². The van der Waals surface area contributed by atoms with Gasteiger partial charge in [0.05, 0.1) is 5.52 Å². The fourth-order valence-corrected chi connectivity index (χ4v) is 6.41. The van der Waals surface area contributed by atoms with Crippen molar-refractivity contribution in [3.8, 4) is 0 Å². The number of benzene rings is 2. The van der Waals surface area contributed by atoms with Gasteiger partial charge in [-0.15, -0.1) is 0 Å². The van der Waals surface area contributed by atoms with Gasteiger partial charge in [-0.25, -0.2) is 0 Å². The zero-order valence-corrected chi connectivity index (χ0v) is 22.9. The Labute approximate surface area is 230 Å². The fourth-order valence-electron chi connectivity index (χ4n) is 6.41. The highest BCUT2D eigenvalue weighted by Gasteiger charge is 2.23. The van der Waals surface area contributed by atoms with Crippen LogP contribution in [0.15, 0.2) is 47.5 Å². The summed E-state index contributed by atoms with van der Waals surface area (Å²) in [5, 5.41) is 5.66. The highest BCUT2D eigenvalue weighted by Crippen LogP contribution is 2.35. The largest absolute Gasteiger partial charge is 0.381 e. The number of hydrogen-bond acceptors (Lipinski definition) is 5. The lowest BCUT2D eigenvalue weighted by atomic mass is 9.94. The second-order valence-corrected chi connectivity index (χ2v) is 11.4. The maximum atomic E-state index is 13.6. The van der Waals surface area contributed by atoms with Crippen molar-refractivity contribution in [2.45, 2.75) is 57.4 Å². The molecule has 1 aromatic heterocycles. The summed E-state index contributed by atoms with van der Waals surface area (Å²) in [4.78, 5) is 18.6. The molecule has 7 nitrogen and oxygen atoms in total. The van der Waals surface area contributed by atoms with Crippen LogP contribution >= 0.6 is 0 Å². The molecule has 3 aliphatic heterocycles. The van der Waals surface area contributed by atoms with Crippen LogP contribution in [0.25, 0.3) is 21.8 Å². The number of carbonyl (C=O) groups excluding carboxylic acids is 1. The highest BCUT2D eigenvalue weighted by molar-refractivity contribution is 6.12. The zero-order chi connectivity index (χ0) is 26.4. The molecule has 2 aromatic carbocycles. The normalized spacial score (nSPS) is 20.6. The maximum Gasteiger partial charge on any atom is 0.256 e. The smallest absolute Gasteiger partial charge is 0.256 e. The Bertz CT molecular complexity index is 1300. The summed E-state index contributed by atoms with van der Waals surface area (Å²) in [5.41, 5.74) is 3.04. The van der Waals surface area contributed by atoms with Crippen LogP contribution in [-0.4, -0.2) is 62.5 Å². The summed E-state index contributed by atoms with van der Waals surface area (Å²) < 4.78 is 19.2. The van der Waals surface area contributed by atoms with Crippen LogP contribution < -0.4 is 5.32 Å². The summed E-state index contributed by atoms with van der Waals surface area (Å²) in [6.45, 7) is 5.61.